The number of rotatable bonds is 5. The van der Waals surface area contributed by atoms with Crippen LogP contribution in [0.1, 0.15) is 21.7 Å². The number of fused-ring (bicyclic) bond motifs is 1. The lowest BCUT2D eigenvalue weighted by Crippen LogP contribution is -2.24. The first-order chi connectivity index (χ1) is 13.7. The number of methoxy groups -OCH3 is 1. The van der Waals surface area contributed by atoms with E-state index in [9.17, 15) is 4.79 Å². The van der Waals surface area contributed by atoms with E-state index in [4.69, 9.17) is 4.74 Å². The normalized spacial score (nSPS) is 10.8. The number of aryl methyl sites for hydroxylation is 1. The fourth-order valence-electron chi connectivity index (χ4n) is 3.17. The summed E-state index contributed by atoms with van der Waals surface area (Å²) in [7, 11) is 1.54. The Labute approximate surface area is 162 Å². The van der Waals surface area contributed by atoms with E-state index in [2.05, 4.69) is 33.5 Å². The Morgan fingerprint density at radius 2 is 1.93 bits per heavy atom. The van der Waals surface area contributed by atoms with Crippen molar-refractivity contribution < 1.29 is 9.53 Å². The predicted octanol–water partition coefficient (Wildman–Crippen LogP) is 3.67. The third-order valence-corrected chi connectivity index (χ3v) is 4.58. The molecule has 4 aromatic rings. The first-order valence-corrected chi connectivity index (χ1v) is 8.96. The molecule has 6 nitrogen and oxygen atoms in total. The van der Waals surface area contributed by atoms with E-state index in [-0.39, 0.29) is 5.91 Å². The number of imidazole rings is 1. The molecule has 1 amide bonds. The van der Waals surface area contributed by atoms with Crippen molar-refractivity contribution in [3.05, 3.63) is 84.1 Å². The molecule has 0 unspecified atom stereocenters. The van der Waals surface area contributed by atoms with Crippen molar-refractivity contribution in [3.8, 4) is 11.6 Å². The van der Waals surface area contributed by atoms with E-state index in [1.165, 1.54) is 7.11 Å². The zero-order valence-corrected chi connectivity index (χ0v) is 15.7. The van der Waals surface area contributed by atoms with Crippen LogP contribution in [0, 0.1) is 6.92 Å². The maximum Gasteiger partial charge on any atom is 0.270 e. The van der Waals surface area contributed by atoms with Gasteiger partial charge in [-0.15, -0.1) is 0 Å². The number of benzene rings is 2. The molecule has 2 heterocycles. The quantitative estimate of drug-likeness (QED) is 0.580. The number of nitrogens with one attached hydrogen (secondary N) is 1. The van der Waals surface area contributed by atoms with E-state index >= 15 is 0 Å². The SMILES string of the molecule is COc1nc(C(=O)NCc2cccc3ccccc23)ccc1-n1cnc(C)c1. The number of ether oxygens (including phenoxy) is 1. The molecule has 0 spiro atoms. The summed E-state index contributed by atoms with van der Waals surface area (Å²) in [5, 5.41) is 5.22. The van der Waals surface area contributed by atoms with Crippen molar-refractivity contribution in [2.24, 2.45) is 0 Å². The zero-order valence-electron chi connectivity index (χ0n) is 15.7. The Morgan fingerprint density at radius 1 is 1.11 bits per heavy atom. The van der Waals surface area contributed by atoms with Gasteiger partial charge in [0, 0.05) is 12.7 Å². The Kier molecular flexibility index (Phi) is 4.76. The van der Waals surface area contributed by atoms with E-state index in [0.29, 0.717) is 18.1 Å². The number of carbonyl (C=O) groups is 1. The predicted molar refractivity (Wildman–Crippen MR) is 108 cm³/mol. The van der Waals surface area contributed by atoms with E-state index in [1.807, 2.05) is 42.0 Å². The lowest BCUT2D eigenvalue weighted by atomic mass is 10.0. The molecule has 0 aliphatic carbocycles. The first kappa shape index (κ1) is 17.7. The third-order valence-electron chi connectivity index (χ3n) is 4.58. The number of hydrogen-bond acceptors (Lipinski definition) is 4. The Balaban J connectivity index is 1.55. The molecule has 0 fully saturated rings. The first-order valence-electron chi connectivity index (χ1n) is 8.96. The van der Waals surface area contributed by atoms with Crippen LogP contribution < -0.4 is 10.1 Å². The lowest BCUT2D eigenvalue weighted by Gasteiger charge is -2.11. The Bertz CT molecular complexity index is 1140. The summed E-state index contributed by atoms with van der Waals surface area (Å²) in [4.78, 5) is 21.2. The van der Waals surface area contributed by atoms with Gasteiger partial charge in [0.1, 0.15) is 11.4 Å². The molecule has 0 atom stereocenters. The molecule has 2 aromatic carbocycles. The lowest BCUT2D eigenvalue weighted by molar-refractivity contribution is 0.0945. The standard InChI is InChI=1S/C22H20N4O2/c1-15-13-26(14-24-15)20-11-10-19(25-22(20)28-2)21(27)23-12-17-8-5-7-16-6-3-4-9-18(16)17/h3-11,13-14H,12H2,1-2H3,(H,23,27). The van der Waals surface area contributed by atoms with Crippen LogP contribution in [0.2, 0.25) is 0 Å². The number of amides is 1. The van der Waals surface area contributed by atoms with Crippen LogP contribution in [0.4, 0.5) is 0 Å². The molecule has 0 radical (unpaired) electrons. The van der Waals surface area contributed by atoms with E-state index in [0.717, 1.165) is 27.7 Å². The van der Waals surface area contributed by atoms with Crippen LogP contribution >= 0.6 is 0 Å². The second-order valence-electron chi connectivity index (χ2n) is 6.47. The minimum absolute atomic E-state index is 0.250. The summed E-state index contributed by atoms with van der Waals surface area (Å²) in [5.41, 5.74) is 2.98. The third kappa shape index (κ3) is 3.44. The van der Waals surface area contributed by atoms with E-state index < -0.39 is 0 Å². The maximum atomic E-state index is 12.6. The van der Waals surface area contributed by atoms with E-state index in [1.54, 1.807) is 18.5 Å². The molecular formula is C22H20N4O2. The highest BCUT2D eigenvalue weighted by atomic mass is 16.5. The molecule has 0 saturated carbocycles. The Morgan fingerprint density at radius 3 is 2.71 bits per heavy atom. The van der Waals surface area contributed by atoms with Crippen LogP contribution in [0.25, 0.3) is 16.5 Å². The summed E-state index contributed by atoms with van der Waals surface area (Å²) < 4.78 is 7.20. The highest BCUT2D eigenvalue weighted by Gasteiger charge is 2.14. The summed E-state index contributed by atoms with van der Waals surface area (Å²) in [6.45, 7) is 2.33. The van der Waals surface area contributed by atoms with Gasteiger partial charge in [-0.2, -0.15) is 0 Å². The number of aromatic nitrogens is 3. The van der Waals surface area contributed by atoms with Crippen molar-refractivity contribution >= 4 is 16.7 Å². The largest absolute Gasteiger partial charge is 0.479 e. The topological polar surface area (TPSA) is 69.0 Å². The molecule has 0 saturated heterocycles. The van der Waals surface area contributed by atoms with Crippen molar-refractivity contribution in [3.63, 3.8) is 0 Å². The van der Waals surface area contributed by atoms with Crippen LogP contribution in [-0.4, -0.2) is 27.6 Å². The molecule has 2 aromatic heterocycles. The average Bonchev–Trinajstić information content (AvgIpc) is 3.17. The van der Waals surface area contributed by atoms with Crippen LogP contribution in [0.5, 0.6) is 5.88 Å². The van der Waals surface area contributed by atoms with Gasteiger partial charge in [0.15, 0.2) is 0 Å². The van der Waals surface area contributed by atoms with Crippen LogP contribution in [0.15, 0.2) is 67.1 Å². The molecule has 0 aliphatic rings. The molecule has 140 valence electrons. The highest BCUT2D eigenvalue weighted by molar-refractivity contribution is 5.93. The van der Waals surface area contributed by atoms with Crippen LogP contribution in [0.3, 0.4) is 0 Å². The molecule has 6 heteroatoms. The van der Waals surface area contributed by atoms with Gasteiger partial charge in [0.05, 0.1) is 19.1 Å². The molecule has 0 bridgehead atoms. The maximum absolute atomic E-state index is 12.6. The highest BCUT2D eigenvalue weighted by Crippen LogP contribution is 2.21. The fraction of sp³-hybridized carbons (Fsp3) is 0.136. The monoisotopic (exact) mass is 372 g/mol. The van der Waals surface area contributed by atoms with Crippen LogP contribution in [-0.2, 0) is 6.54 Å². The van der Waals surface area contributed by atoms with Gasteiger partial charge >= 0.3 is 0 Å². The fourth-order valence-corrected chi connectivity index (χ4v) is 3.17. The van der Waals surface area contributed by atoms with Gasteiger partial charge in [-0.05, 0) is 35.4 Å². The minimum Gasteiger partial charge on any atom is -0.479 e. The summed E-state index contributed by atoms with van der Waals surface area (Å²) in [6.07, 6.45) is 3.56. The molecule has 28 heavy (non-hydrogen) atoms. The number of hydrogen-bond donors (Lipinski definition) is 1. The number of pyridine rings is 1. The summed E-state index contributed by atoms with van der Waals surface area (Å²) >= 11 is 0. The second-order valence-corrected chi connectivity index (χ2v) is 6.47. The van der Waals surface area contributed by atoms with Crippen molar-refractivity contribution in [2.75, 3.05) is 7.11 Å². The van der Waals surface area contributed by atoms with Gasteiger partial charge in [0.2, 0.25) is 5.88 Å². The van der Waals surface area contributed by atoms with Gasteiger partial charge in [-0.3, -0.25) is 4.79 Å². The zero-order chi connectivity index (χ0) is 19.5. The smallest absolute Gasteiger partial charge is 0.270 e. The van der Waals surface area contributed by atoms with Crippen molar-refractivity contribution in [1.29, 1.82) is 0 Å². The average molecular weight is 372 g/mol. The number of carbonyl (C=O) groups excluding carboxylic acids is 1. The van der Waals surface area contributed by atoms with Gasteiger partial charge < -0.3 is 14.6 Å². The summed E-state index contributed by atoms with van der Waals surface area (Å²) in [6, 6.07) is 17.7. The van der Waals surface area contributed by atoms with Gasteiger partial charge in [-0.1, -0.05) is 42.5 Å². The van der Waals surface area contributed by atoms with Gasteiger partial charge in [0.25, 0.3) is 5.91 Å². The number of nitrogens with zero attached hydrogens (tertiary/aromatic N) is 3. The molecule has 1 N–H and O–H groups in total. The summed E-state index contributed by atoms with van der Waals surface area (Å²) in [5.74, 6) is 0.120. The Hall–Kier alpha value is -3.67. The molecular weight excluding hydrogens is 352 g/mol. The second kappa shape index (κ2) is 7.52. The van der Waals surface area contributed by atoms with Crippen molar-refractivity contribution in [1.82, 2.24) is 19.9 Å². The minimum atomic E-state index is -0.250. The van der Waals surface area contributed by atoms with Crippen molar-refractivity contribution in [2.45, 2.75) is 13.5 Å². The van der Waals surface area contributed by atoms with Gasteiger partial charge in [-0.25, -0.2) is 9.97 Å². The molecule has 4 rings (SSSR count). The molecule has 0 aliphatic heterocycles.